The molecule has 2 heterocycles. The van der Waals surface area contributed by atoms with E-state index < -0.39 is 6.04 Å². The van der Waals surface area contributed by atoms with Crippen molar-refractivity contribution in [3.8, 4) is 33.4 Å². The van der Waals surface area contributed by atoms with Gasteiger partial charge in [0.1, 0.15) is 11.2 Å². The lowest BCUT2D eigenvalue weighted by molar-refractivity contribution is 0.669. The van der Waals surface area contributed by atoms with Gasteiger partial charge in [-0.3, -0.25) is 0 Å². The Morgan fingerprint density at radius 3 is 1.96 bits per heavy atom. The molecule has 2 nitrogen and oxygen atoms in total. The Bertz CT molecular complexity index is 3610. The van der Waals surface area contributed by atoms with Crippen molar-refractivity contribution >= 4 is 81.3 Å². The van der Waals surface area contributed by atoms with E-state index in [1.54, 1.807) is 0 Å². The van der Waals surface area contributed by atoms with Gasteiger partial charge >= 0.3 is 0 Å². The van der Waals surface area contributed by atoms with Crippen LogP contribution < -0.4 is 4.90 Å². The molecule has 11 aromatic rings. The minimum atomic E-state index is -0.398. The highest BCUT2D eigenvalue weighted by Crippen LogP contribution is 2.41. The second-order valence-corrected chi connectivity index (χ2v) is 14.6. The number of benzene rings is 9. The number of furan rings is 1. The molecule has 0 fully saturated rings. The third kappa shape index (κ3) is 5.48. The molecule has 0 saturated heterocycles. The average Bonchev–Trinajstić information content (AvgIpc) is 3.90. The quantitative estimate of drug-likeness (QED) is 0.170. The molecule has 55 heavy (non-hydrogen) atoms. The third-order valence-corrected chi connectivity index (χ3v) is 11.4. The first kappa shape index (κ1) is 25.1. The number of fused-ring (bicyclic) bond motifs is 7. The summed E-state index contributed by atoms with van der Waals surface area (Å²) < 4.78 is 67.8. The average molecular weight is 727 g/mol. The summed E-state index contributed by atoms with van der Waals surface area (Å²) >= 11 is 1.07. The third-order valence-electron chi connectivity index (χ3n) is 10.3. The second-order valence-electron chi connectivity index (χ2n) is 13.6. The molecule has 0 bridgehead atoms. The summed E-state index contributed by atoms with van der Waals surface area (Å²) in [6.45, 7) is 0. The van der Waals surface area contributed by atoms with Gasteiger partial charge in [0.15, 0.2) is 0 Å². The van der Waals surface area contributed by atoms with Crippen LogP contribution in [-0.4, -0.2) is 0 Å². The number of hydrogen-bond donors (Lipinski definition) is 0. The number of thiophene rings is 1. The molecule has 0 saturated carbocycles. The number of para-hydroxylation sites is 1. The first-order valence-electron chi connectivity index (χ1n) is 21.6. The Labute approximate surface area is 332 Å². The van der Waals surface area contributed by atoms with Crippen LogP contribution in [0.25, 0.3) is 86.3 Å². The van der Waals surface area contributed by atoms with Crippen LogP contribution in [0.5, 0.6) is 0 Å². The molecule has 3 heteroatoms. The zero-order valence-corrected chi connectivity index (χ0v) is 30.1. The molecule has 2 aromatic heterocycles. The summed E-state index contributed by atoms with van der Waals surface area (Å²) in [5.74, 6) is 0. The van der Waals surface area contributed by atoms with Crippen LogP contribution in [0.2, 0.25) is 0 Å². The maximum absolute atomic E-state index is 9.31. The van der Waals surface area contributed by atoms with Gasteiger partial charge in [-0.2, -0.15) is 0 Å². The van der Waals surface area contributed by atoms with Crippen LogP contribution in [0.15, 0.2) is 204 Å². The van der Waals surface area contributed by atoms with E-state index in [4.69, 9.17) is 12.6 Å². The summed E-state index contributed by atoms with van der Waals surface area (Å²) in [5.41, 5.74) is 9.55. The molecule has 0 N–H and O–H groups in total. The van der Waals surface area contributed by atoms with Crippen LogP contribution in [0.4, 0.5) is 17.1 Å². The van der Waals surface area contributed by atoms with Crippen LogP contribution in [0.1, 0.15) is 9.60 Å². The van der Waals surface area contributed by atoms with Crippen molar-refractivity contribution in [1.29, 1.82) is 0 Å². The summed E-state index contributed by atoms with van der Waals surface area (Å²) in [6.07, 6.45) is 0. The number of hydrogen-bond acceptors (Lipinski definition) is 3. The minimum absolute atomic E-state index is 0.0164. The molecule has 0 radical (unpaired) electrons. The van der Waals surface area contributed by atoms with Crippen molar-refractivity contribution in [3.05, 3.63) is 200 Å². The normalized spacial score (nSPS) is 13.4. The highest BCUT2D eigenvalue weighted by atomic mass is 32.1. The van der Waals surface area contributed by atoms with E-state index in [-0.39, 0.29) is 57.3 Å². The molecule has 0 aliphatic carbocycles. The molecule has 0 spiro atoms. The van der Waals surface area contributed by atoms with Gasteiger partial charge in [-0.15, -0.1) is 11.3 Å². The molecule has 0 unspecified atom stereocenters. The molecular weight excluding hydrogens is 687 g/mol. The van der Waals surface area contributed by atoms with E-state index in [1.807, 2.05) is 48.5 Å². The summed E-state index contributed by atoms with van der Waals surface area (Å²) in [4.78, 5) is 2.18. The van der Waals surface area contributed by atoms with Crippen molar-refractivity contribution in [1.82, 2.24) is 0 Å². The van der Waals surface area contributed by atoms with Gasteiger partial charge in [-0.1, -0.05) is 133 Å². The Kier molecular flexibility index (Phi) is 5.89. The molecular formula is C52H33NOS. The lowest BCUT2D eigenvalue weighted by Crippen LogP contribution is -2.10. The summed E-state index contributed by atoms with van der Waals surface area (Å²) in [6, 6.07) is 52.2. The van der Waals surface area contributed by atoms with Crippen LogP contribution >= 0.6 is 11.3 Å². The molecule has 11 rings (SSSR count). The Morgan fingerprint density at radius 1 is 0.418 bits per heavy atom. The Morgan fingerprint density at radius 2 is 1.09 bits per heavy atom. The van der Waals surface area contributed by atoms with Crippen LogP contribution in [0.3, 0.4) is 0 Å². The Balaban J connectivity index is 1.04. The van der Waals surface area contributed by atoms with Gasteiger partial charge in [-0.25, -0.2) is 0 Å². The first-order valence-corrected chi connectivity index (χ1v) is 18.9. The van der Waals surface area contributed by atoms with Crippen molar-refractivity contribution < 1.29 is 14.0 Å². The van der Waals surface area contributed by atoms with E-state index in [0.717, 1.165) is 72.6 Å². The fraction of sp³-hybridized carbons (Fsp3) is 0. The van der Waals surface area contributed by atoms with Crippen molar-refractivity contribution in [2.45, 2.75) is 0 Å². The topological polar surface area (TPSA) is 16.4 Å². The van der Waals surface area contributed by atoms with E-state index in [2.05, 4.69) is 114 Å². The molecule has 9 aromatic carbocycles. The van der Waals surface area contributed by atoms with Gasteiger partial charge in [0.25, 0.3) is 0 Å². The molecule has 0 aliphatic rings. The van der Waals surface area contributed by atoms with Gasteiger partial charge in [0, 0.05) is 48.0 Å². The maximum atomic E-state index is 9.31. The Hall–Kier alpha value is -6.94. The first-order chi connectivity index (χ1) is 30.2. The minimum Gasteiger partial charge on any atom is -0.456 e. The predicted octanol–water partition coefficient (Wildman–Crippen LogP) is 15.6. The molecule has 0 atom stereocenters. The summed E-state index contributed by atoms with van der Waals surface area (Å²) in [5, 5.41) is 4.87. The number of anilines is 3. The maximum Gasteiger partial charge on any atom is 0.135 e. The molecule has 258 valence electrons. The standard InChI is InChI=1S/C52H33NOS/c1-2-13-43-35(9-1)10-8-16-44(43)36-21-27-41(28-22-36)53(40-25-19-34(20-26-40)39-23-29-47-46-15-4-6-18-51(46)55-52(47)33-39)42-12-7-11-37(31-42)38-24-30-50-48(32-38)45-14-3-5-17-49(45)54-50/h1-33H/i4D,6D,15D,18D,23D,29D,33D. The number of rotatable bonds is 6. The van der Waals surface area contributed by atoms with E-state index in [9.17, 15) is 1.37 Å². The zero-order valence-electron chi connectivity index (χ0n) is 36.3. The van der Waals surface area contributed by atoms with E-state index >= 15 is 0 Å². The van der Waals surface area contributed by atoms with Crippen molar-refractivity contribution in [3.63, 3.8) is 0 Å². The van der Waals surface area contributed by atoms with E-state index in [0.29, 0.717) is 10.3 Å². The smallest absolute Gasteiger partial charge is 0.135 e. The highest BCUT2D eigenvalue weighted by Gasteiger charge is 2.16. The SMILES string of the molecule is [2H]c1c([2H])c([2H])c2c(sc3c([2H])c(-c4ccc(N(c5ccc(-c6cccc7ccccc67)cc5)c5cccc(-c6ccc7oc8ccccc8c7c6)c5)cc4)c([2H])c([2H])c32)c1[2H]. The lowest BCUT2D eigenvalue weighted by Gasteiger charge is -2.26. The summed E-state index contributed by atoms with van der Waals surface area (Å²) in [7, 11) is 0. The molecule has 0 aliphatic heterocycles. The van der Waals surface area contributed by atoms with E-state index in [1.165, 1.54) is 10.8 Å². The largest absolute Gasteiger partial charge is 0.456 e. The lowest BCUT2D eigenvalue weighted by atomic mass is 9.98. The van der Waals surface area contributed by atoms with Crippen LogP contribution in [-0.2, 0) is 0 Å². The van der Waals surface area contributed by atoms with Gasteiger partial charge < -0.3 is 9.32 Å². The highest BCUT2D eigenvalue weighted by molar-refractivity contribution is 7.25. The van der Waals surface area contributed by atoms with Crippen molar-refractivity contribution in [2.24, 2.45) is 0 Å². The molecule has 0 amide bonds. The van der Waals surface area contributed by atoms with Gasteiger partial charge in [-0.05, 0) is 111 Å². The fourth-order valence-electron chi connectivity index (χ4n) is 7.66. The second kappa shape index (κ2) is 12.9. The zero-order chi connectivity index (χ0) is 42.4. The van der Waals surface area contributed by atoms with Gasteiger partial charge in [0.2, 0.25) is 0 Å². The van der Waals surface area contributed by atoms with Crippen LogP contribution in [0, 0.1) is 0 Å². The van der Waals surface area contributed by atoms with Crippen molar-refractivity contribution in [2.75, 3.05) is 4.90 Å². The fourth-order valence-corrected chi connectivity index (χ4v) is 8.63. The predicted molar refractivity (Wildman–Crippen MR) is 235 cm³/mol. The number of nitrogens with zero attached hydrogens (tertiary/aromatic N) is 1. The monoisotopic (exact) mass is 726 g/mol. The van der Waals surface area contributed by atoms with Gasteiger partial charge in [0.05, 0.1) is 9.60 Å².